The van der Waals surface area contributed by atoms with E-state index in [0.29, 0.717) is 28.5 Å². The lowest BCUT2D eigenvalue weighted by Gasteiger charge is -2.56. The van der Waals surface area contributed by atoms with Crippen molar-refractivity contribution in [1.82, 2.24) is 4.98 Å². The molecule has 0 aromatic carbocycles. The number of rotatable bonds is 4. The summed E-state index contributed by atoms with van der Waals surface area (Å²) in [6.07, 6.45) is 7.51. The molecule has 4 aliphatic rings. The highest BCUT2D eigenvalue weighted by Crippen LogP contribution is 2.60. The van der Waals surface area contributed by atoms with Crippen molar-refractivity contribution in [3.8, 4) is 0 Å². The molecule has 0 N–H and O–H groups in total. The standard InChI is InChI=1S/C19H22ClNO3/c1-11(24-18(23)15-2-3-16(20)21-10-15)17(22)19-7-12-4-13(8-19)6-14(5-12)9-19/h2-3,10-14H,4-9H2,1H3/t11-,12?,13?,14?,19?/m1/s1. The zero-order chi connectivity index (χ0) is 16.9. The number of Topliss-reactive ketones (excluding diaryl/α,β-unsaturated/α-hetero) is 1. The maximum Gasteiger partial charge on any atom is 0.340 e. The summed E-state index contributed by atoms with van der Waals surface area (Å²) < 4.78 is 5.46. The summed E-state index contributed by atoms with van der Waals surface area (Å²) in [7, 11) is 0. The third-order valence-electron chi connectivity index (χ3n) is 6.18. The molecule has 1 atom stereocenters. The monoisotopic (exact) mass is 347 g/mol. The van der Waals surface area contributed by atoms with Crippen LogP contribution in [0.15, 0.2) is 18.3 Å². The molecule has 24 heavy (non-hydrogen) atoms. The Morgan fingerprint density at radius 3 is 2.25 bits per heavy atom. The Morgan fingerprint density at radius 1 is 1.17 bits per heavy atom. The Hall–Kier alpha value is -1.42. The van der Waals surface area contributed by atoms with Gasteiger partial charge in [0.25, 0.3) is 0 Å². The van der Waals surface area contributed by atoms with Gasteiger partial charge in [-0.2, -0.15) is 0 Å². The van der Waals surface area contributed by atoms with Gasteiger partial charge in [0.05, 0.1) is 5.56 Å². The Bertz CT molecular complexity index is 634. The van der Waals surface area contributed by atoms with Gasteiger partial charge in [-0.15, -0.1) is 0 Å². The van der Waals surface area contributed by atoms with Gasteiger partial charge in [0.2, 0.25) is 0 Å². The minimum absolute atomic E-state index is 0.122. The Labute approximate surface area is 146 Å². The molecule has 5 heteroatoms. The van der Waals surface area contributed by atoms with E-state index >= 15 is 0 Å². The van der Waals surface area contributed by atoms with Crippen molar-refractivity contribution in [2.75, 3.05) is 0 Å². The largest absolute Gasteiger partial charge is 0.451 e. The van der Waals surface area contributed by atoms with Crippen LogP contribution in [0.3, 0.4) is 0 Å². The molecule has 4 fully saturated rings. The second-order valence-corrected chi connectivity index (χ2v) is 8.37. The SMILES string of the molecule is C[C@@H](OC(=O)c1ccc(Cl)nc1)C(=O)C12CC3CC(CC(C3)C1)C2. The van der Waals surface area contributed by atoms with Gasteiger partial charge in [-0.3, -0.25) is 4.79 Å². The molecule has 0 spiro atoms. The van der Waals surface area contributed by atoms with Crippen molar-refractivity contribution in [3.05, 3.63) is 29.0 Å². The zero-order valence-electron chi connectivity index (χ0n) is 13.8. The van der Waals surface area contributed by atoms with Gasteiger partial charge in [-0.05, 0) is 75.3 Å². The fraction of sp³-hybridized carbons (Fsp3) is 0.632. The highest BCUT2D eigenvalue weighted by atomic mass is 35.5. The summed E-state index contributed by atoms with van der Waals surface area (Å²) in [5.74, 6) is 1.71. The van der Waals surface area contributed by atoms with E-state index in [1.165, 1.54) is 25.5 Å². The van der Waals surface area contributed by atoms with Crippen molar-refractivity contribution in [3.63, 3.8) is 0 Å². The van der Waals surface area contributed by atoms with Gasteiger partial charge in [0.15, 0.2) is 11.9 Å². The molecule has 5 rings (SSSR count). The zero-order valence-corrected chi connectivity index (χ0v) is 14.6. The van der Waals surface area contributed by atoms with Gasteiger partial charge in [0.1, 0.15) is 5.15 Å². The second kappa shape index (κ2) is 5.83. The van der Waals surface area contributed by atoms with E-state index < -0.39 is 12.1 Å². The van der Waals surface area contributed by atoms with Crippen molar-refractivity contribution in [2.45, 2.75) is 51.6 Å². The topological polar surface area (TPSA) is 56.3 Å². The number of aromatic nitrogens is 1. The predicted molar refractivity (Wildman–Crippen MR) is 89.7 cm³/mol. The number of hydrogen-bond acceptors (Lipinski definition) is 4. The van der Waals surface area contributed by atoms with Crippen LogP contribution in [-0.4, -0.2) is 22.8 Å². The normalized spacial score (nSPS) is 34.8. The molecule has 4 saturated carbocycles. The van der Waals surface area contributed by atoms with Gasteiger partial charge in [0, 0.05) is 11.6 Å². The third-order valence-corrected chi connectivity index (χ3v) is 6.40. The molecule has 0 aliphatic heterocycles. The van der Waals surface area contributed by atoms with Crippen LogP contribution in [0.25, 0.3) is 0 Å². The number of ketones is 1. The van der Waals surface area contributed by atoms with E-state index in [4.69, 9.17) is 16.3 Å². The molecule has 0 radical (unpaired) electrons. The first-order valence-electron chi connectivity index (χ1n) is 8.82. The fourth-order valence-corrected chi connectivity index (χ4v) is 5.73. The molecule has 0 amide bonds. The van der Waals surface area contributed by atoms with E-state index in [2.05, 4.69) is 4.98 Å². The maximum atomic E-state index is 13.1. The summed E-state index contributed by atoms with van der Waals surface area (Å²) in [6.45, 7) is 1.71. The number of ether oxygens (including phenoxy) is 1. The first kappa shape index (κ1) is 16.1. The first-order chi connectivity index (χ1) is 11.4. The average Bonchev–Trinajstić information content (AvgIpc) is 2.53. The molecule has 4 aliphatic carbocycles. The lowest BCUT2D eigenvalue weighted by molar-refractivity contribution is -0.152. The molecule has 0 unspecified atom stereocenters. The number of halogens is 1. The van der Waals surface area contributed by atoms with Crippen molar-refractivity contribution >= 4 is 23.4 Å². The summed E-state index contributed by atoms with van der Waals surface area (Å²) in [4.78, 5) is 29.2. The second-order valence-electron chi connectivity index (χ2n) is 7.98. The van der Waals surface area contributed by atoms with Crippen LogP contribution in [0.5, 0.6) is 0 Å². The number of carbonyl (C=O) groups excluding carboxylic acids is 2. The highest BCUT2D eigenvalue weighted by Gasteiger charge is 2.55. The summed E-state index contributed by atoms with van der Waals surface area (Å²) in [5, 5.41) is 0.323. The molecule has 1 heterocycles. The smallest absolute Gasteiger partial charge is 0.340 e. The maximum absolute atomic E-state index is 13.1. The molecule has 1 aromatic heterocycles. The van der Waals surface area contributed by atoms with Crippen LogP contribution in [0, 0.1) is 23.2 Å². The lowest BCUT2D eigenvalue weighted by Crippen LogP contribution is -2.52. The Morgan fingerprint density at radius 2 is 1.75 bits per heavy atom. The lowest BCUT2D eigenvalue weighted by atomic mass is 9.48. The van der Waals surface area contributed by atoms with Crippen LogP contribution in [0.1, 0.15) is 55.8 Å². The van der Waals surface area contributed by atoms with Crippen molar-refractivity contribution in [2.24, 2.45) is 23.2 Å². The Kier molecular flexibility index (Phi) is 3.91. The number of pyridine rings is 1. The predicted octanol–water partition coefficient (Wildman–Crippen LogP) is 4.07. The Balaban J connectivity index is 1.46. The first-order valence-corrected chi connectivity index (χ1v) is 9.20. The van der Waals surface area contributed by atoms with Gasteiger partial charge in [-0.25, -0.2) is 9.78 Å². The number of carbonyl (C=O) groups is 2. The van der Waals surface area contributed by atoms with Crippen LogP contribution < -0.4 is 0 Å². The van der Waals surface area contributed by atoms with Gasteiger partial charge in [-0.1, -0.05) is 11.6 Å². The number of hydrogen-bond donors (Lipinski definition) is 0. The van der Waals surface area contributed by atoms with E-state index in [1.807, 2.05) is 0 Å². The minimum Gasteiger partial charge on any atom is -0.451 e. The van der Waals surface area contributed by atoms with Gasteiger partial charge < -0.3 is 4.74 Å². The quantitative estimate of drug-likeness (QED) is 0.608. The minimum atomic E-state index is -0.704. The highest BCUT2D eigenvalue weighted by molar-refractivity contribution is 6.29. The van der Waals surface area contributed by atoms with Crippen LogP contribution in [0.2, 0.25) is 5.15 Å². The molecular formula is C19H22ClNO3. The number of esters is 1. The van der Waals surface area contributed by atoms with Crippen molar-refractivity contribution in [1.29, 1.82) is 0 Å². The van der Waals surface area contributed by atoms with Crippen molar-refractivity contribution < 1.29 is 14.3 Å². The molecule has 1 aromatic rings. The van der Waals surface area contributed by atoms with Crippen LogP contribution in [0.4, 0.5) is 0 Å². The average molecular weight is 348 g/mol. The molecule has 4 bridgehead atoms. The summed E-state index contributed by atoms with van der Waals surface area (Å²) >= 11 is 5.73. The molecule has 0 saturated heterocycles. The van der Waals surface area contributed by atoms with E-state index in [9.17, 15) is 9.59 Å². The molecular weight excluding hydrogens is 326 g/mol. The molecule has 128 valence electrons. The third kappa shape index (κ3) is 2.75. The van der Waals surface area contributed by atoms with Crippen LogP contribution in [-0.2, 0) is 9.53 Å². The van der Waals surface area contributed by atoms with Crippen LogP contribution >= 0.6 is 11.6 Å². The van der Waals surface area contributed by atoms with Gasteiger partial charge >= 0.3 is 5.97 Å². The fourth-order valence-electron chi connectivity index (χ4n) is 5.62. The summed E-state index contributed by atoms with van der Waals surface area (Å²) in [5.41, 5.74) is 0.0803. The van der Waals surface area contributed by atoms with E-state index in [1.54, 1.807) is 19.1 Å². The summed E-state index contributed by atoms with van der Waals surface area (Å²) in [6, 6.07) is 3.11. The van der Waals surface area contributed by atoms with E-state index in [-0.39, 0.29) is 11.2 Å². The molecule has 4 nitrogen and oxygen atoms in total. The number of nitrogens with zero attached hydrogens (tertiary/aromatic N) is 1. The van der Waals surface area contributed by atoms with E-state index in [0.717, 1.165) is 19.3 Å².